The molecule has 6 heteroatoms. The summed E-state index contributed by atoms with van der Waals surface area (Å²) in [5, 5.41) is 7.67. The van der Waals surface area contributed by atoms with Crippen LogP contribution in [0.4, 0.5) is 0 Å². The molecule has 0 saturated carbocycles. The Kier molecular flexibility index (Phi) is 4.60. The number of hydrogen-bond donors (Lipinski definition) is 0. The van der Waals surface area contributed by atoms with E-state index < -0.39 is 0 Å². The van der Waals surface area contributed by atoms with Crippen molar-refractivity contribution in [1.29, 1.82) is 0 Å². The van der Waals surface area contributed by atoms with Gasteiger partial charge in [0.25, 0.3) is 0 Å². The van der Waals surface area contributed by atoms with E-state index >= 15 is 0 Å². The zero-order chi connectivity index (χ0) is 14.4. The summed E-state index contributed by atoms with van der Waals surface area (Å²) in [6.45, 7) is 2.09. The van der Waals surface area contributed by atoms with Crippen LogP contribution in [0.2, 0.25) is 0 Å². The second-order valence-corrected chi connectivity index (χ2v) is 4.05. The predicted molar refractivity (Wildman–Crippen MR) is 73.2 cm³/mol. The first-order chi connectivity index (χ1) is 9.72. The quantitative estimate of drug-likeness (QED) is 0.599. The van der Waals surface area contributed by atoms with Crippen molar-refractivity contribution < 1.29 is 18.8 Å². The summed E-state index contributed by atoms with van der Waals surface area (Å²) in [4.78, 5) is 5.14. The van der Waals surface area contributed by atoms with Crippen molar-refractivity contribution in [3.05, 3.63) is 41.3 Å². The smallest absolute Gasteiger partial charge is 0.162 e. The van der Waals surface area contributed by atoms with Crippen molar-refractivity contribution in [2.75, 3.05) is 14.2 Å². The van der Waals surface area contributed by atoms with Gasteiger partial charge in [-0.3, -0.25) is 0 Å². The first-order valence-electron chi connectivity index (χ1n) is 6.02. The maximum absolute atomic E-state index is 5.21. The number of ether oxygens (including phenoxy) is 2. The Hall–Kier alpha value is -2.50. The Morgan fingerprint density at radius 1 is 1.20 bits per heavy atom. The summed E-state index contributed by atoms with van der Waals surface area (Å²) in [5.41, 5.74) is 1.55. The van der Waals surface area contributed by atoms with Crippen LogP contribution < -0.4 is 9.47 Å². The molecule has 0 atom stereocenters. The number of methoxy groups -OCH3 is 2. The van der Waals surface area contributed by atoms with Crippen LogP contribution in [0.5, 0.6) is 11.5 Å². The van der Waals surface area contributed by atoms with Gasteiger partial charge in [-0.2, -0.15) is 0 Å². The van der Waals surface area contributed by atoms with Crippen molar-refractivity contribution in [3.8, 4) is 11.5 Å². The van der Waals surface area contributed by atoms with Gasteiger partial charge >= 0.3 is 0 Å². The summed E-state index contributed by atoms with van der Waals surface area (Å²) >= 11 is 0. The maximum atomic E-state index is 5.21. The molecule has 0 aliphatic carbocycles. The molecule has 0 N–H and O–H groups in total. The van der Waals surface area contributed by atoms with Crippen LogP contribution >= 0.6 is 0 Å². The van der Waals surface area contributed by atoms with Crippen LogP contribution in [0.1, 0.15) is 17.0 Å². The summed E-state index contributed by atoms with van der Waals surface area (Å²) in [5.74, 6) is 2.06. The topological polar surface area (TPSA) is 66.1 Å². The first-order valence-corrected chi connectivity index (χ1v) is 6.02. The van der Waals surface area contributed by atoms with E-state index in [0.29, 0.717) is 17.2 Å². The number of rotatable bonds is 6. The lowest BCUT2D eigenvalue weighted by molar-refractivity contribution is 0.126. The van der Waals surface area contributed by atoms with Crippen LogP contribution in [0.25, 0.3) is 0 Å². The molecule has 0 fully saturated rings. The minimum atomic E-state index is 0.265. The SMILES string of the molecule is COc1ccc(/C=N\OCc2cc(C)on2)cc1OC. The summed E-state index contributed by atoms with van der Waals surface area (Å²) < 4.78 is 15.3. The van der Waals surface area contributed by atoms with E-state index in [1.54, 1.807) is 32.6 Å². The highest BCUT2D eigenvalue weighted by atomic mass is 16.6. The first kappa shape index (κ1) is 13.9. The molecular weight excluding hydrogens is 260 g/mol. The number of oxime groups is 1. The molecule has 6 nitrogen and oxygen atoms in total. The van der Waals surface area contributed by atoms with Crippen LogP contribution in [0, 0.1) is 6.92 Å². The molecule has 1 aromatic heterocycles. The molecule has 20 heavy (non-hydrogen) atoms. The Balaban J connectivity index is 1.94. The van der Waals surface area contributed by atoms with Gasteiger partial charge in [0.2, 0.25) is 0 Å². The van der Waals surface area contributed by atoms with E-state index in [0.717, 1.165) is 11.3 Å². The zero-order valence-electron chi connectivity index (χ0n) is 11.6. The van der Waals surface area contributed by atoms with Crippen molar-refractivity contribution in [1.82, 2.24) is 5.16 Å². The van der Waals surface area contributed by atoms with E-state index in [2.05, 4.69) is 10.3 Å². The van der Waals surface area contributed by atoms with Gasteiger partial charge in [-0.05, 0) is 25.1 Å². The monoisotopic (exact) mass is 276 g/mol. The number of aryl methyl sites for hydroxylation is 1. The Morgan fingerprint density at radius 2 is 2.00 bits per heavy atom. The van der Waals surface area contributed by atoms with Gasteiger partial charge < -0.3 is 18.8 Å². The molecule has 1 aromatic carbocycles. The van der Waals surface area contributed by atoms with Crippen LogP contribution in [0.3, 0.4) is 0 Å². The van der Waals surface area contributed by atoms with Gasteiger partial charge in [0.15, 0.2) is 18.1 Å². The summed E-state index contributed by atoms with van der Waals surface area (Å²) in [6, 6.07) is 7.27. The van der Waals surface area contributed by atoms with Gasteiger partial charge in [0.05, 0.1) is 20.4 Å². The Bertz CT molecular complexity index is 593. The van der Waals surface area contributed by atoms with E-state index in [-0.39, 0.29) is 6.61 Å². The molecule has 0 bridgehead atoms. The van der Waals surface area contributed by atoms with Crippen LogP contribution in [-0.4, -0.2) is 25.6 Å². The summed E-state index contributed by atoms with van der Waals surface area (Å²) in [6.07, 6.45) is 1.59. The van der Waals surface area contributed by atoms with Crippen molar-refractivity contribution in [2.24, 2.45) is 5.16 Å². The lowest BCUT2D eigenvalue weighted by atomic mass is 10.2. The van der Waals surface area contributed by atoms with Gasteiger partial charge in [-0.25, -0.2) is 0 Å². The molecule has 0 amide bonds. The fraction of sp³-hybridized carbons (Fsp3) is 0.286. The third-order valence-electron chi connectivity index (χ3n) is 2.57. The molecule has 0 aliphatic heterocycles. The second-order valence-electron chi connectivity index (χ2n) is 4.05. The van der Waals surface area contributed by atoms with E-state index in [1.807, 2.05) is 19.1 Å². The number of hydrogen-bond acceptors (Lipinski definition) is 6. The molecule has 106 valence electrons. The average molecular weight is 276 g/mol. The van der Waals surface area contributed by atoms with Crippen molar-refractivity contribution in [2.45, 2.75) is 13.5 Å². The number of nitrogens with zero attached hydrogens (tertiary/aromatic N) is 2. The molecule has 2 aromatic rings. The molecule has 0 saturated heterocycles. The van der Waals surface area contributed by atoms with E-state index in [1.165, 1.54) is 0 Å². The molecular formula is C14H16N2O4. The highest BCUT2D eigenvalue weighted by Crippen LogP contribution is 2.26. The molecule has 1 heterocycles. The fourth-order valence-corrected chi connectivity index (χ4v) is 1.62. The Morgan fingerprint density at radius 3 is 2.65 bits per heavy atom. The average Bonchev–Trinajstić information content (AvgIpc) is 2.89. The summed E-state index contributed by atoms with van der Waals surface area (Å²) in [7, 11) is 3.18. The maximum Gasteiger partial charge on any atom is 0.162 e. The molecule has 0 radical (unpaired) electrons. The van der Waals surface area contributed by atoms with Gasteiger partial charge in [0.1, 0.15) is 11.5 Å². The molecule has 0 unspecified atom stereocenters. The molecule has 0 aliphatic rings. The van der Waals surface area contributed by atoms with Crippen molar-refractivity contribution >= 4 is 6.21 Å². The Labute approximate surface area is 116 Å². The minimum Gasteiger partial charge on any atom is -0.493 e. The highest BCUT2D eigenvalue weighted by molar-refractivity contribution is 5.80. The molecule has 2 rings (SSSR count). The highest BCUT2D eigenvalue weighted by Gasteiger charge is 2.03. The van der Waals surface area contributed by atoms with Crippen molar-refractivity contribution in [3.63, 3.8) is 0 Å². The van der Waals surface area contributed by atoms with E-state index in [9.17, 15) is 0 Å². The molecule has 0 spiro atoms. The zero-order valence-corrected chi connectivity index (χ0v) is 11.6. The predicted octanol–water partition coefficient (Wildman–Crippen LogP) is 2.55. The third kappa shape index (κ3) is 3.50. The van der Waals surface area contributed by atoms with Crippen LogP contribution in [-0.2, 0) is 11.4 Å². The lowest BCUT2D eigenvalue weighted by Crippen LogP contribution is -1.92. The minimum absolute atomic E-state index is 0.265. The van der Waals surface area contributed by atoms with Gasteiger partial charge in [0, 0.05) is 11.6 Å². The lowest BCUT2D eigenvalue weighted by Gasteiger charge is -2.07. The van der Waals surface area contributed by atoms with Crippen LogP contribution in [0.15, 0.2) is 33.9 Å². The number of benzene rings is 1. The van der Waals surface area contributed by atoms with E-state index in [4.69, 9.17) is 18.8 Å². The normalized spacial score (nSPS) is 10.8. The second kappa shape index (κ2) is 6.60. The standard InChI is InChI=1S/C14H16N2O4/c1-10-6-12(16-20-10)9-19-15-8-11-4-5-13(17-2)14(7-11)18-3/h4-8H,9H2,1-3H3/b15-8-. The fourth-order valence-electron chi connectivity index (χ4n) is 1.62. The third-order valence-corrected chi connectivity index (χ3v) is 2.57. The van der Waals surface area contributed by atoms with Gasteiger partial charge in [-0.15, -0.1) is 0 Å². The largest absolute Gasteiger partial charge is 0.493 e. The van der Waals surface area contributed by atoms with Gasteiger partial charge in [-0.1, -0.05) is 10.3 Å². The number of aromatic nitrogens is 1.